The Morgan fingerprint density at radius 1 is 1.32 bits per heavy atom. The van der Waals surface area contributed by atoms with Crippen molar-refractivity contribution in [2.45, 2.75) is 38.6 Å². The number of methoxy groups -OCH3 is 1. The second-order valence-electron chi connectivity index (χ2n) is 6.10. The molecule has 0 aliphatic heterocycles. The minimum Gasteiger partial charge on any atom is -0.497 e. The molecule has 1 aromatic carbocycles. The topological polar surface area (TPSA) is 88.8 Å². The molecule has 134 valence electrons. The van der Waals surface area contributed by atoms with Gasteiger partial charge in [0.2, 0.25) is 0 Å². The molecule has 2 aromatic rings. The summed E-state index contributed by atoms with van der Waals surface area (Å²) in [6, 6.07) is 8.63. The number of nitrogens with one attached hydrogen (secondary N) is 1. The number of aliphatic carboxylic acids is 1. The Hall–Kier alpha value is -2.76. The predicted octanol–water partition coefficient (Wildman–Crippen LogP) is 3.36. The number of ether oxygens (including phenoxy) is 1. The van der Waals surface area contributed by atoms with Crippen molar-refractivity contribution in [1.82, 2.24) is 5.32 Å². The molecule has 0 aliphatic carbocycles. The van der Waals surface area contributed by atoms with Gasteiger partial charge in [-0.05, 0) is 37.1 Å². The zero-order valence-electron chi connectivity index (χ0n) is 14.7. The number of hydrogen-bond acceptors (Lipinski definition) is 4. The maximum absolute atomic E-state index is 12.7. The van der Waals surface area contributed by atoms with E-state index in [1.807, 2.05) is 6.92 Å². The van der Waals surface area contributed by atoms with Crippen molar-refractivity contribution in [1.29, 1.82) is 0 Å². The third kappa shape index (κ3) is 4.41. The highest BCUT2D eigenvalue weighted by Crippen LogP contribution is 2.28. The number of carbonyl (C=O) groups is 2. The minimum absolute atomic E-state index is 0.257. The van der Waals surface area contributed by atoms with E-state index in [2.05, 4.69) is 5.32 Å². The monoisotopic (exact) mass is 345 g/mol. The predicted molar refractivity (Wildman–Crippen MR) is 92.8 cm³/mol. The first-order chi connectivity index (χ1) is 11.9. The lowest BCUT2D eigenvalue weighted by atomic mass is 9.88. The molecule has 0 bridgehead atoms. The molecule has 1 aromatic heterocycles. The molecular weight excluding hydrogens is 322 g/mol. The average molecular weight is 345 g/mol. The molecule has 6 heteroatoms. The largest absolute Gasteiger partial charge is 0.497 e. The summed E-state index contributed by atoms with van der Waals surface area (Å²) in [4.78, 5) is 24.1. The highest BCUT2D eigenvalue weighted by molar-refractivity contribution is 5.96. The fourth-order valence-electron chi connectivity index (χ4n) is 2.77. The van der Waals surface area contributed by atoms with E-state index >= 15 is 0 Å². The van der Waals surface area contributed by atoms with Gasteiger partial charge in [0.15, 0.2) is 0 Å². The molecule has 1 heterocycles. The summed E-state index contributed by atoms with van der Waals surface area (Å²) in [5.41, 5.74) is 0.00239. The van der Waals surface area contributed by atoms with Crippen LogP contribution in [0.1, 0.15) is 48.4 Å². The SMILES string of the molecule is CCCc1occc1C(=O)NC(C)(CC(=O)O)c1cccc(OC)c1. The number of aryl methyl sites for hydroxylation is 1. The molecule has 0 spiro atoms. The van der Waals surface area contributed by atoms with Gasteiger partial charge < -0.3 is 19.6 Å². The summed E-state index contributed by atoms with van der Waals surface area (Å²) in [6.45, 7) is 3.68. The van der Waals surface area contributed by atoms with Gasteiger partial charge in [-0.25, -0.2) is 0 Å². The van der Waals surface area contributed by atoms with Crippen molar-refractivity contribution in [2.24, 2.45) is 0 Å². The van der Waals surface area contributed by atoms with E-state index in [0.717, 1.165) is 6.42 Å². The van der Waals surface area contributed by atoms with E-state index < -0.39 is 11.5 Å². The molecular formula is C19H23NO5. The molecule has 0 radical (unpaired) electrons. The van der Waals surface area contributed by atoms with Gasteiger partial charge in [-0.1, -0.05) is 19.1 Å². The molecule has 1 amide bonds. The Bertz CT molecular complexity index is 752. The zero-order valence-corrected chi connectivity index (χ0v) is 14.7. The summed E-state index contributed by atoms with van der Waals surface area (Å²) in [5, 5.41) is 12.2. The van der Waals surface area contributed by atoms with Crippen LogP contribution in [0, 0.1) is 0 Å². The van der Waals surface area contributed by atoms with Crippen LogP contribution in [0.25, 0.3) is 0 Å². The van der Waals surface area contributed by atoms with E-state index in [1.165, 1.54) is 13.4 Å². The molecule has 0 saturated carbocycles. The fourth-order valence-corrected chi connectivity index (χ4v) is 2.77. The van der Waals surface area contributed by atoms with Crippen LogP contribution in [0.3, 0.4) is 0 Å². The second kappa shape index (κ2) is 7.88. The average Bonchev–Trinajstić information content (AvgIpc) is 3.03. The van der Waals surface area contributed by atoms with Crippen LogP contribution < -0.4 is 10.1 Å². The van der Waals surface area contributed by atoms with Crippen molar-refractivity contribution < 1.29 is 23.8 Å². The number of carboxylic acids is 1. The Kier molecular flexibility index (Phi) is 5.85. The summed E-state index contributed by atoms with van der Waals surface area (Å²) in [7, 11) is 1.54. The normalized spacial score (nSPS) is 13.1. The Balaban J connectivity index is 2.34. The van der Waals surface area contributed by atoms with Crippen LogP contribution in [0.15, 0.2) is 41.0 Å². The maximum atomic E-state index is 12.7. The maximum Gasteiger partial charge on any atom is 0.306 e. The van der Waals surface area contributed by atoms with Crippen molar-refractivity contribution in [3.8, 4) is 5.75 Å². The zero-order chi connectivity index (χ0) is 18.4. The first-order valence-electron chi connectivity index (χ1n) is 8.15. The third-order valence-corrected chi connectivity index (χ3v) is 4.07. The quantitative estimate of drug-likeness (QED) is 0.766. The van der Waals surface area contributed by atoms with E-state index in [4.69, 9.17) is 9.15 Å². The smallest absolute Gasteiger partial charge is 0.306 e. The van der Waals surface area contributed by atoms with Crippen molar-refractivity contribution in [3.05, 3.63) is 53.5 Å². The Labute approximate surface area is 146 Å². The molecule has 2 N–H and O–H groups in total. The van der Waals surface area contributed by atoms with Crippen LogP contribution >= 0.6 is 0 Å². The lowest BCUT2D eigenvalue weighted by Crippen LogP contribution is -2.45. The highest BCUT2D eigenvalue weighted by Gasteiger charge is 2.33. The Morgan fingerprint density at radius 3 is 2.72 bits per heavy atom. The highest BCUT2D eigenvalue weighted by atomic mass is 16.5. The summed E-state index contributed by atoms with van der Waals surface area (Å²) < 4.78 is 10.6. The van der Waals surface area contributed by atoms with E-state index in [-0.39, 0.29) is 12.3 Å². The molecule has 6 nitrogen and oxygen atoms in total. The van der Waals surface area contributed by atoms with Crippen LogP contribution in [0.4, 0.5) is 0 Å². The third-order valence-electron chi connectivity index (χ3n) is 4.07. The first-order valence-corrected chi connectivity index (χ1v) is 8.15. The van der Waals surface area contributed by atoms with Crippen LogP contribution in [0.5, 0.6) is 5.75 Å². The van der Waals surface area contributed by atoms with E-state index in [9.17, 15) is 14.7 Å². The van der Waals surface area contributed by atoms with E-state index in [0.29, 0.717) is 29.1 Å². The van der Waals surface area contributed by atoms with Crippen molar-refractivity contribution in [3.63, 3.8) is 0 Å². The summed E-state index contributed by atoms with van der Waals surface area (Å²) >= 11 is 0. The molecule has 2 rings (SSSR count). The van der Waals surface area contributed by atoms with Gasteiger partial charge in [0.05, 0.1) is 30.9 Å². The number of hydrogen-bond donors (Lipinski definition) is 2. The molecule has 0 saturated heterocycles. The van der Waals surface area contributed by atoms with Gasteiger partial charge in [-0.3, -0.25) is 9.59 Å². The Morgan fingerprint density at radius 2 is 2.08 bits per heavy atom. The van der Waals surface area contributed by atoms with Gasteiger partial charge in [0.1, 0.15) is 11.5 Å². The lowest BCUT2D eigenvalue weighted by Gasteiger charge is -2.30. The summed E-state index contributed by atoms with van der Waals surface area (Å²) in [6.07, 6.45) is 2.70. The minimum atomic E-state index is -1.09. The molecule has 0 aliphatic rings. The fraction of sp³-hybridized carbons (Fsp3) is 0.368. The van der Waals surface area contributed by atoms with Crippen molar-refractivity contribution in [2.75, 3.05) is 7.11 Å². The molecule has 25 heavy (non-hydrogen) atoms. The number of rotatable bonds is 8. The van der Waals surface area contributed by atoms with Gasteiger partial charge in [-0.2, -0.15) is 0 Å². The number of furan rings is 1. The van der Waals surface area contributed by atoms with Crippen LogP contribution in [-0.4, -0.2) is 24.1 Å². The number of carboxylic acid groups (broad SMARTS) is 1. The standard InChI is InChI=1S/C19H23NO5/c1-4-6-16-15(9-10-25-16)18(23)20-19(2,12-17(21)22)13-7-5-8-14(11-13)24-3/h5,7-11H,4,6,12H2,1-3H3,(H,20,23)(H,21,22). The molecule has 0 fully saturated rings. The molecule has 1 atom stereocenters. The van der Waals surface area contributed by atoms with Crippen molar-refractivity contribution >= 4 is 11.9 Å². The lowest BCUT2D eigenvalue weighted by molar-refractivity contribution is -0.138. The van der Waals surface area contributed by atoms with Gasteiger partial charge >= 0.3 is 5.97 Å². The van der Waals surface area contributed by atoms with Gasteiger partial charge in [-0.15, -0.1) is 0 Å². The number of carbonyl (C=O) groups excluding carboxylic acids is 1. The van der Waals surface area contributed by atoms with Crippen LogP contribution in [-0.2, 0) is 16.8 Å². The second-order valence-corrected chi connectivity index (χ2v) is 6.10. The van der Waals surface area contributed by atoms with Gasteiger partial charge in [0, 0.05) is 6.42 Å². The number of benzene rings is 1. The summed E-state index contributed by atoms with van der Waals surface area (Å²) in [5.74, 6) is -0.169. The van der Waals surface area contributed by atoms with Crippen LogP contribution in [0.2, 0.25) is 0 Å². The van der Waals surface area contributed by atoms with Gasteiger partial charge in [0.25, 0.3) is 5.91 Å². The van der Waals surface area contributed by atoms with E-state index in [1.54, 1.807) is 37.3 Å². The number of amides is 1. The first kappa shape index (κ1) is 18.6. The molecule has 1 unspecified atom stereocenters.